The quantitative estimate of drug-likeness (QED) is 0.503. The maximum absolute atomic E-state index is 12.4. The van der Waals surface area contributed by atoms with Crippen molar-refractivity contribution in [3.05, 3.63) is 83.4 Å². The minimum absolute atomic E-state index is 0.267. The van der Waals surface area contributed by atoms with E-state index in [4.69, 9.17) is 0 Å². The number of alkyl halides is 3. The van der Waals surface area contributed by atoms with Gasteiger partial charge in [0.05, 0.1) is 5.36 Å². The monoisotopic (exact) mass is 451 g/mol. The summed E-state index contributed by atoms with van der Waals surface area (Å²) in [5.41, 5.74) is 5.40. The van der Waals surface area contributed by atoms with Gasteiger partial charge in [-0.15, -0.1) is 18.3 Å². The molecule has 0 saturated heterocycles. The third kappa shape index (κ3) is 4.61. The average Bonchev–Trinajstić information content (AvgIpc) is 3.27. The van der Waals surface area contributed by atoms with E-state index in [0.717, 1.165) is 27.3 Å². The summed E-state index contributed by atoms with van der Waals surface area (Å²) in [5.74, 6) is 0.350. The second-order valence-electron chi connectivity index (χ2n) is 7.17. The zero-order valence-electron chi connectivity index (χ0n) is 16.9. The lowest BCUT2D eigenvalue weighted by Gasteiger charge is -2.21. The second kappa shape index (κ2) is 8.26. The molecular formula is C22H16F3N7O. The van der Waals surface area contributed by atoms with E-state index < -0.39 is 6.36 Å². The first-order valence-corrected chi connectivity index (χ1v) is 9.84. The smallest absolute Gasteiger partial charge is 0.406 e. The largest absolute Gasteiger partial charge is 0.573 e. The number of ether oxygens (including phenoxy) is 1. The molecule has 8 nitrogen and oxygen atoms in total. The lowest BCUT2D eigenvalue weighted by Crippen LogP contribution is -2.43. The molecule has 0 saturated carbocycles. The van der Waals surface area contributed by atoms with Crippen LogP contribution in [0.2, 0.25) is 0 Å². The van der Waals surface area contributed by atoms with Crippen molar-refractivity contribution in [2.24, 2.45) is 5.10 Å². The third-order valence-electron chi connectivity index (χ3n) is 4.89. The van der Waals surface area contributed by atoms with Crippen LogP contribution >= 0.6 is 0 Å². The number of hydrazine groups is 1. The second-order valence-corrected chi connectivity index (χ2v) is 7.17. The summed E-state index contributed by atoms with van der Waals surface area (Å²) in [6.45, 7) is 0.299. The summed E-state index contributed by atoms with van der Waals surface area (Å²) in [6, 6.07) is 20.9. The van der Waals surface area contributed by atoms with Gasteiger partial charge in [-0.2, -0.15) is 5.10 Å². The van der Waals surface area contributed by atoms with Gasteiger partial charge in [-0.1, -0.05) is 48.5 Å². The number of tetrazole rings is 1. The van der Waals surface area contributed by atoms with Crippen molar-refractivity contribution in [1.29, 1.82) is 0 Å². The number of fused-ring (bicyclic) bond motifs is 1. The van der Waals surface area contributed by atoms with Crippen LogP contribution in [0.3, 0.4) is 0 Å². The highest BCUT2D eigenvalue weighted by Crippen LogP contribution is 2.25. The van der Waals surface area contributed by atoms with Crippen LogP contribution in [0.15, 0.2) is 77.9 Å². The Morgan fingerprint density at radius 3 is 2.39 bits per heavy atom. The van der Waals surface area contributed by atoms with E-state index in [-0.39, 0.29) is 5.75 Å². The van der Waals surface area contributed by atoms with Gasteiger partial charge in [-0.05, 0) is 45.8 Å². The van der Waals surface area contributed by atoms with Gasteiger partial charge in [0, 0.05) is 17.0 Å². The number of halogens is 3. The summed E-state index contributed by atoms with van der Waals surface area (Å²) >= 11 is 0. The van der Waals surface area contributed by atoms with Crippen molar-refractivity contribution in [3.8, 4) is 28.3 Å². The summed E-state index contributed by atoms with van der Waals surface area (Å²) in [7, 11) is 0. The van der Waals surface area contributed by atoms with Gasteiger partial charge in [0.2, 0.25) is 0 Å². The zero-order chi connectivity index (χ0) is 22.8. The van der Waals surface area contributed by atoms with Crippen molar-refractivity contribution in [1.82, 2.24) is 30.8 Å². The molecule has 3 aromatic carbocycles. The fourth-order valence-corrected chi connectivity index (χ4v) is 3.41. The van der Waals surface area contributed by atoms with E-state index in [1.54, 1.807) is 21.8 Å². The molecule has 0 unspecified atom stereocenters. The molecule has 2 heterocycles. The van der Waals surface area contributed by atoms with E-state index >= 15 is 0 Å². The van der Waals surface area contributed by atoms with Gasteiger partial charge in [0.25, 0.3) is 0 Å². The Morgan fingerprint density at radius 2 is 1.64 bits per heavy atom. The van der Waals surface area contributed by atoms with E-state index in [9.17, 15) is 13.2 Å². The Hall–Kier alpha value is -4.41. The van der Waals surface area contributed by atoms with Crippen LogP contribution in [0.4, 0.5) is 13.2 Å². The summed E-state index contributed by atoms with van der Waals surface area (Å²) < 4.78 is 42.7. The molecule has 1 aliphatic heterocycles. The normalized spacial score (nSPS) is 12.9. The molecule has 11 heteroatoms. The highest BCUT2D eigenvalue weighted by Gasteiger charge is 2.30. The van der Waals surface area contributed by atoms with Gasteiger partial charge in [-0.25, -0.2) is 10.2 Å². The first-order valence-electron chi connectivity index (χ1n) is 9.84. The van der Waals surface area contributed by atoms with E-state index in [0.29, 0.717) is 12.5 Å². The van der Waals surface area contributed by atoms with E-state index in [1.165, 1.54) is 12.1 Å². The highest BCUT2D eigenvalue weighted by molar-refractivity contribution is 5.64. The lowest BCUT2D eigenvalue weighted by atomic mass is 10.0. The van der Waals surface area contributed by atoms with Crippen LogP contribution in [0.5, 0.6) is 5.75 Å². The number of rotatable bonds is 5. The van der Waals surface area contributed by atoms with Crippen molar-refractivity contribution < 1.29 is 17.9 Å². The average molecular weight is 451 g/mol. The summed E-state index contributed by atoms with van der Waals surface area (Å²) in [5, 5.41) is 19.6. The number of nitrogens with zero attached hydrogens (tertiary/aromatic N) is 6. The molecule has 0 atom stereocenters. The number of benzene rings is 3. The standard InChI is InChI=1S/C22H16F3N7O/c23-22(24,25)33-19-9-6-15(7-10-19)17-8-11-20-18(12-17)13-31(29-26-20)14-32-21(27-28-30-32)16-4-2-1-3-5-16/h1-13,29H,14H2. The highest BCUT2D eigenvalue weighted by atomic mass is 19.4. The molecule has 0 radical (unpaired) electrons. The molecule has 4 aromatic rings. The third-order valence-corrected chi connectivity index (χ3v) is 4.89. The Balaban J connectivity index is 1.39. The van der Waals surface area contributed by atoms with Gasteiger partial charge >= 0.3 is 6.36 Å². The van der Waals surface area contributed by atoms with Crippen molar-refractivity contribution in [2.45, 2.75) is 13.0 Å². The number of hydrogen-bond acceptors (Lipinski definition) is 7. The van der Waals surface area contributed by atoms with Crippen molar-refractivity contribution in [3.63, 3.8) is 0 Å². The van der Waals surface area contributed by atoms with E-state index in [1.807, 2.05) is 54.7 Å². The first kappa shape index (κ1) is 20.5. The lowest BCUT2D eigenvalue weighted by molar-refractivity contribution is -0.274. The van der Waals surface area contributed by atoms with Crippen molar-refractivity contribution >= 4 is 6.20 Å². The van der Waals surface area contributed by atoms with E-state index in [2.05, 4.69) is 30.9 Å². The van der Waals surface area contributed by atoms with Crippen molar-refractivity contribution in [2.75, 3.05) is 0 Å². The maximum atomic E-state index is 12.4. The molecular weight excluding hydrogens is 435 g/mol. The minimum Gasteiger partial charge on any atom is -0.406 e. The van der Waals surface area contributed by atoms with Crippen LogP contribution in [0.25, 0.3) is 28.7 Å². The molecule has 1 aliphatic rings. The van der Waals surface area contributed by atoms with Gasteiger partial charge < -0.3 is 4.74 Å². The van der Waals surface area contributed by atoms with Crippen LogP contribution in [0, 0.1) is 0 Å². The molecule has 0 aliphatic carbocycles. The molecule has 33 heavy (non-hydrogen) atoms. The Morgan fingerprint density at radius 1 is 0.879 bits per heavy atom. The molecule has 0 fully saturated rings. The molecule has 5 rings (SSSR count). The van der Waals surface area contributed by atoms with Gasteiger partial charge in [0.1, 0.15) is 12.4 Å². The fourth-order valence-electron chi connectivity index (χ4n) is 3.41. The molecule has 166 valence electrons. The summed E-state index contributed by atoms with van der Waals surface area (Å²) in [6.07, 6.45) is -2.86. The Kier molecular flexibility index (Phi) is 5.13. The van der Waals surface area contributed by atoms with Crippen LogP contribution < -0.4 is 20.8 Å². The molecule has 0 spiro atoms. The molecule has 1 aromatic heterocycles. The predicted octanol–water partition coefficient (Wildman–Crippen LogP) is 2.66. The SMILES string of the molecule is FC(F)(F)Oc1ccc(-c2ccc3c(c2)=CN(Cn2nnnc2-c2ccccc2)NN=3)cc1. The predicted molar refractivity (Wildman–Crippen MR) is 112 cm³/mol. The van der Waals surface area contributed by atoms with Crippen LogP contribution in [-0.2, 0) is 6.67 Å². The maximum Gasteiger partial charge on any atom is 0.573 e. The molecule has 0 amide bonds. The Labute approximate surface area is 185 Å². The molecule has 0 bridgehead atoms. The Bertz CT molecular complexity index is 1390. The number of aromatic nitrogens is 4. The number of nitrogens with one attached hydrogen (secondary N) is 1. The zero-order valence-corrected chi connectivity index (χ0v) is 16.9. The summed E-state index contributed by atoms with van der Waals surface area (Å²) in [4.78, 5) is 0. The minimum atomic E-state index is -4.72. The van der Waals surface area contributed by atoms with Gasteiger partial charge in [-0.3, -0.25) is 5.01 Å². The number of hydrogen-bond donors (Lipinski definition) is 1. The van der Waals surface area contributed by atoms with Crippen LogP contribution in [0.1, 0.15) is 0 Å². The topological polar surface area (TPSA) is 80.5 Å². The fraction of sp³-hybridized carbons (Fsp3) is 0.0909. The molecule has 1 N–H and O–H groups in total. The first-order chi connectivity index (χ1) is 15.9. The van der Waals surface area contributed by atoms with Crippen LogP contribution in [-0.4, -0.2) is 31.6 Å². The van der Waals surface area contributed by atoms with Gasteiger partial charge in [0.15, 0.2) is 5.82 Å².